The molecule has 7 heteroatoms. The van der Waals surface area contributed by atoms with Crippen molar-refractivity contribution in [3.63, 3.8) is 0 Å². The van der Waals surface area contributed by atoms with Crippen molar-refractivity contribution >= 4 is 10.2 Å². The molecule has 0 aromatic heterocycles. The van der Waals surface area contributed by atoms with E-state index in [4.69, 9.17) is 0 Å². The van der Waals surface area contributed by atoms with E-state index < -0.39 is 10.2 Å². The number of rotatable bonds is 10. The predicted molar refractivity (Wildman–Crippen MR) is 75.9 cm³/mol. The third kappa shape index (κ3) is 7.27. The van der Waals surface area contributed by atoms with Gasteiger partial charge in [0.15, 0.2) is 0 Å². The Morgan fingerprint density at radius 2 is 1.72 bits per heavy atom. The molecule has 6 nitrogen and oxygen atoms in total. The van der Waals surface area contributed by atoms with E-state index in [-0.39, 0.29) is 0 Å². The van der Waals surface area contributed by atoms with Gasteiger partial charge in [-0.05, 0) is 40.9 Å². The minimum Gasteiger partial charge on any atom is -0.320 e. The number of hydrogen-bond acceptors (Lipinski definition) is 4. The molecule has 0 spiro atoms. The Bertz CT molecular complexity index is 306. The summed E-state index contributed by atoms with van der Waals surface area (Å²) >= 11 is 0. The molecule has 18 heavy (non-hydrogen) atoms. The molecule has 0 atom stereocenters. The molecule has 0 aromatic carbocycles. The quantitative estimate of drug-likeness (QED) is 0.539. The van der Waals surface area contributed by atoms with Gasteiger partial charge in [0.1, 0.15) is 0 Å². The van der Waals surface area contributed by atoms with Crippen molar-refractivity contribution in [1.82, 2.24) is 19.2 Å². The zero-order valence-corrected chi connectivity index (χ0v) is 13.0. The highest BCUT2D eigenvalue weighted by molar-refractivity contribution is 7.87. The van der Waals surface area contributed by atoms with E-state index in [0.717, 1.165) is 13.0 Å². The highest BCUT2D eigenvalue weighted by atomic mass is 32.2. The van der Waals surface area contributed by atoms with Crippen molar-refractivity contribution in [2.45, 2.75) is 26.3 Å². The lowest BCUT2D eigenvalue weighted by Gasteiger charge is -2.22. The molecule has 0 heterocycles. The van der Waals surface area contributed by atoms with Gasteiger partial charge >= 0.3 is 0 Å². The van der Waals surface area contributed by atoms with E-state index in [9.17, 15) is 8.42 Å². The second-order valence-corrected chi connectivity index (χ2v) is 6.61. The number of nitrogens with zero attached hydrogens (tertiary/aromatic N) is 2. The first-order chi connectivity index (χ1) is 8.31. The largest absolute Gasteiger partial charge is 0.320 e. The fourth-order valence-corrected chi connectivity index (χ4v) is 2.26. The summed E-state index contributed by atoms with van der Waals surface area (Å²) in [4.78, 5) is 2.10. The number of nitrogens with one attached hydrogen (secondary N) is 2. The van der Waals surface area contributed by atoms with Gasteiger partial charge in [-0.1, -0.05) is 0 Å². The third-order valence-electron chi connectivity index (χ3n) is 2.94. The SMILES string of the molecule is CNCCCN(C)S(=O)(=O)NCCN(C)C(C)C. The molecule has 0 aromatic rings. The maximum Gasteiger partial charge on any atom is 0.279 e. The Morgan fingerprint density at radius 3 is 2.22 bits per heavy atom. The maximum absolute atomic E-state index is 11.9. The van der Waals surface area contributed by atoms with E-state index in [0.29, 0.717) is 25.7 Å². The van der Waals surface area contributed by atoms with Gasteiger partial charge in [0.2, 0.25) is 0 Å². The summed E-state index contributed by atoms with van der Waals surface area (Å²) in [6.07, 6.45) is 0.805. The monoisotopic (exact) mass is 280 g/mol. The molecule has 0 aliphatic heterocycles. The molecule has 0 saturated heterocycles. The lowest BCUT2D eigenvalue weighted by atomic mass is 10.3. The summed E-state index contributed by atoms with van der Waals surface area (Å²) in [5, 5.41) is 3.00. The summed E-state index contributed by atoms with van der Waals surface area (Å²) in [7, 11) is 2.11. The van der Waals surface area contributed by atoms with Crippen LogP contribution in [0.4, 0.5) is 0 Å². The second kappa shape index (κ2) is 8.82. The van der Waals surface area contributed by atoms with Gasteiger partial charge in [0.25, 0.3) is 10.2 Å². The van der Waals surface area contributed by atoms with Gasteiger partial charge < -0.3 is 10.2 Å². The highest BCUT2D eigenvalue weighted by Gasteiger charge is 2.16. The summed E-state index contributed by atoms with van der Waals surface area (Å²) < 4.78 is 27.7. The van der Waals surface area contributed by atoms with Crippen LogP contribution in [-0.4, -0.2) is 71.0 Å². The van der Waals surface area contributed by atoms with Crippen LogP contribution in [0.2, 0.25) is 0 Å². The van der Waals surface area contributed by atoms with Crippen LogP contribution in [0.5, 0.6) is 0 Å². The van der Waals surface area contributed by atoms with Gasteiger partial charge in [-0.3, -0.25) is 0 Å². The van der Waals surface area contributed by atoms with Crippen LogP contribution in [0.1, 0.15) is 20.3 Å². The number of hydrogen-bond donors (Lipinski definition) is 2. The van der Waals surface area contributed by atoms with Crippen molar-refractivity contribution < 1.29 is 8.42 Å². The minimum atomic E-state index is -3.33. The van der Waals surface area contributed by atoms with Gasteiger partial charge in [-0.2, -0.15) is 12.7 Å². The molecular weight excluding hydrogens is 252 g/mol. The zero-order chi connectivity index (χ0) is 14.2. The Hall–Kier alpha value is -0.210. The summed E-state index contributed by atoms with van der Waals surface area (Å²) in [5.41, 5.74) is 0. The summed E-state index contributed by atoms with van der Waals surface area (Å²) in [6.45, 7) is 6.65. The molecular formula is C11H28N4O2S. The smallest absolute Gasteiger partial charge is 0.279 e. The Balaban J connectivity index is 3.99. The molecule has 0 aliphatic carbocycles. The average Bonchev–Trinajstić information content (AvgIpc) is 2.28. The van der Waals surface area contributed by atoms with E-state index in [2.05, 4.69) is 28.8 Å². The molecule has 0 bridgehead atoms. The summed E-state index contributed by atoms with van der Waals surface area (Å²) in [5.74, 6) is 0. The molecule has 0 fully saturated rings. The molecule has 0 rings (SSSR count). The zero-order valence-electron chi connectivity index (χ0n) is 12.2. The van der Waals surface area contributed by atoms with Gasteiger partial charge in [0, 0.05) is 32.7 Å². The lowest BCUT2D eigenvalue weighted by molar-refractivity contribution is 0.278. The first-order valence-electron chi connectivity index (χ1n) is 6.37. The molecule has 0 amide bonds. The fraction of sp³-hybridized carbons (Fsp3) is 1.00. The van der Waals surface area contributed by atoms with Crippen LogP contribution < -0.4 is 10.0 Å². The highest BCUT2D eigenvalue weighted by Crippen LogP contribution is 1.96. The van der Waals surface area contributed by atoms with Crippen LogP contribution in [0.3, 0.4) is 0 Å². The van der Waals surface area contributed by atoms with E-state index in [1.807, 2.05) is 14.1 Å². The molecule has 0 radical (unpaired) electrons. The van der Waals surface area contributed by atoms with Crippen LogP contribution in [0.25, 0.3) is 0 Å². The fourth-order valence-electron chi connectivity index (χ4n) is 1.32. The first kappa shape index (κ1) is 17.8. The van der Waals surface area contributed by atoms with Gasteiger partial charge in [0.05, 0.1) is 0 Å². The van der Waals surface area contributed by atoms with Gasteiger partial charge in [-0.25, -0.2) is 4.72 Å². The van der Waals surface area contributed by atoms with Crippen molar-refractivity contribution in [3.05, 3.63) is 0 Å². The topological polar surface area (TPSA) is 64.7 Å². The van der Waals surface area contributed by atoms with Crippen LogP contribution in [0.15, 0.2) is 0 Å². The van der Waals surface area contributed by atoms with Crippen molar-refractivity contribution in [1.29, 1.82) is 0 Å². The van der Waals surface area contributed by atoms with Gasteiger partial charge in [-0.15, -0.1) is 0 Å². The number of likely N-dealkylation sites (N-methyl/N-ethyl adjacent to an activating group) is 1. The van der Waals surface area contributed by atoms with E-state index >= 15 is 0 Å². The third-order valence-corrected chi connectivity index (χ3v) is 4.51. The van der Waals surface area contributed by atoms with Crippen molar-refractivity contribution in [2.75, 3.05) is 47.3 Å². The van der Waals surface area contributed by atoms with Crippen molar-refractivity contribution in [3.8, 4) is 0 Å². The second-order valence-electron chi connectivity index (χ2n) is 4.75. The molecule has 2 N–H and O–H groups in total. The standard InChI is InChI=1S/C11H28N4O2S/c1-11(2)14(4)10-8-13-18(16,17)15(5)9-6-7-12-3/h11-13H,6-10H2,1-5H3. The molecule has 0 aliphatic rings. The van der Waals surface area contributed by atoms with Crippen LogP contribution in [-0.2, 0) is 10.2 Å². The lowest BCUT2D eigenvalue weighted by Crippen LogP contribution is -2.43. The Labute approximate surface area is 112 Å². The van der Waals surface area contributed by atoms with Crippen LogP contribution >= 0.6 is 0 Å². The maximum atomic E-state index is 11.9. The molecule has 0 unspecified atom stereocenters. The average molecular weight is 280 g/mol. The first-order valence-corrected chi connectivity index (χ1v) is 7.81. The molecule has 110 valence electrons. The normalized spacial score (nSPS) is 12.9. The summed E-state index contributed by atoms with van der Waals surface area (Å²) in [6, 6.07) is 0.419. The van der Waals surface area contributed by atoms with E-state index in [1.54, 1.807) is 7.05 Å². The minimum absolute atomic E-state index is 0.419. The van der Waals surface area contributed by atoms with Crippen molar-refractivity contribution in [2.24, 2.45) is 0 Å². The Morgan fingerprint density at radius 1 is 1.11 bits per heavy atom. The Kier molecular flexibility index (Phi) is 8.71. The molecule has 0 saturated carbocycles. The van der Waals surface area contributed by atoms with Crippen LogP contribution in [0, 0.1) is 0 Å². The van der Waals surface area contributed by atoms with E-state index in [1.165, 1.54) is 4.31 Å². The predicted octanol–water partition coefficient (Wildman–Crippen LogP) is -0.298.